The van der Waals surface area contributed by atoms with Crippen LogP contribution in [0.25, 0.3) is 0 Å². The molecule has 0 saturated carbocycles. The van der Waals surface area contributed by atoms with Crippen LogP contribution in [-0.2, 0) is 4.74 Å². The molecule has 0 aliphatic carbocycles. The van der Waals surface area contributed by atoms with Gasteiger partial charge in [-0.15, -0.1) is 0 Å². The third-order valence-electron chi connectivity index (χ3n) is 5.28. The summed E-state index contributed by atoms with van der Waals surface area (Å²) in [5.41, 5.74) is 2.74. The van der Waals surface area contributed by atoms with Gasteiger partial charge >= 0.3 is 5.97 Å². The second-order valence-corrected chi connectivity index (χ2v) is 7.31. The molecule has 2 fully saturated rings. The molecule has 0 spiro atoms. The monoisotopic (exact) mass is 330 g/mol. The smallest absolute Gasteiger partial charge is 0.339 e. The first-order chi connectivity index (χ1) is 11.6. The van der Waals surface area contributed by atoms with Gasteiger partial charge in [-0.1, -0.05) is 18.2 Å². The van der Waals surface area contributed by atoms with Crippen LogP contribution in [0, 0.1) is 13.8 Å². The molecule has 0 unspecified atom stereocenters. The average Bonchev–Trinajstić information content (AvgIpc) is 3.21. The summed E-state index contributed by atoms with van der Waals surface area (Å²) >= 11 is 0. The lowest BCUT2D eigenvalue weighted by atomic mass is 10.0. The van der Waals surface area contributed by atoms with Crippen molar-refractivity contribution in [1.29, 1.82) is 0 Å². The molecule has 2 aliphatic rings. The summed E-state index contributed by atoms with van der Waals surface area (Å²) < 4.78 is 6.00. The molecular formula is C20H30N2O2. The minimum Gasteiger partial charge on any atom is -0.456 e. The van der Waals surface area contributed by atoms with E-state index >= 15 is 0 Å². The Bertz CT molecular complexity index is 523. The topological polar surface area (TPSA) is 32.8 Å². The average molecular weight is 330 g/mol. The van der Waals surface area contributed by atoms with E-state index in [1.165, 1.54) is 25.7 Å². The van der Waals surface area contributed by atoms with Crippen LogP contribution in [-0.4, -0.2) is 61.1 Å². The fraction of sp³-hybridized carbons (Fsp3) is 0.650. The number of hydrogen-bond donors (Lipinski definition) is 0. The zero-order chi connectivity index (χ0) is 16.9. The molecule has 0 atom stereocenters. The second kappa shape index (κ2) is 8.13. The Morgan fingerprint density at radius 3 is 1.88 bits per heavy atom. The lowest BCUT2D eigenvalue weighted by Crippen LogP contribution is -2.41. The standard InChI is InChI=1S/C20H30N2O2/c1-16-8-7-9-17(2)19(16)20(23)24-18(14-21-10-3-4-11-21)15-22-12-5-6-13-22/h7-9,18H,3-6,10-15H2,1-2H3. The highest BCUT2D eigenvalue weighted by Gasteiger charge is 2.26. The maximum atomic E-state index is 12.8. The molecule has 3 rings (SSSR count). The molecule has 24 heavy (non-hydrogen) atoms. The van der Waals surface area contributed by atoms with Crippen LogP contribution in [0.5, 0.6) is 0 Å². The Kier molecular flexibility index (Phi) is 5.90. The molecule has 4 nitrogen and oxygen atoms in total. The number of hydrogen-bond acceptors (Lipinski definition) is 4. The van der Waals surface area contributed by atoms with Gasteiger partial charge in [0.25, 0.3) is 0 Å². The number of ether oxygens (including phenoxy) is 1. The fourth-order valence-electron chi connectivity index (χ4n) is 3.99. The number of carbonyl (C=O) groups is 1. The fourth-order valence-corrected chi connectivity index (χ4v) is 3.99. The van der Waals surface area contributed by atoms with Crippen LogP contribution in [0.4, 0.5) is 0 Å². The van der Waals surface area contributed by atoms with E-state index in [0.717, 1.165) is 56.0 Å². The van der Waals surface area contributed by atoms with Gasteiger partial charge in [0.1, 0.15) is 6.10 Å². The van der Waals surface area contributed by atoms with Crippen LogP contribution in [0.3, 0.4) is 0 Å². The van der Waals surface area contributed by atoms with Crippen LogP contribution >= 0.6 is 0 Å². The quantitative estimate of drug-likeness (QED) is 0.751. The van der Waals surface area contributed by atoms with Crippen molar-refractivity contribution in [2.24, 2.45) is 0 Å². The predicted octanol–water partition coefficient (Wildman–Crippen LogP) is 3.02. The highest BCUT2D eigenvalue weighted by atomic mass is 16.5. The van der Waals surface area contributed by atoms with Gasteiger partial charge < -0.3 is 4.74 Å². The molecule has 2 aliphatic heterocycles. The van der Waals surface area contributed by atoms with Crippen LogP contribution in [0.1, 0.15) is 47.2 Å². The molecule has 1 aromatic carbocycles. The van der Waals surface area contributed by atoms with Crippen LogP contribution in [0.15, 0.2) is 18.2 Å². The third kappa shape index (κ3) is 4.37. The summed E-state index contributed by atoms with van der Waals surface area (Å²) in [5.74, 6) is -0.158. The molecular weight excluding hydrogens is 300 g/mol. The Balaban J connectivity index is 1.68. The van der Waals surface area contributed by atoms with Gasteiger partial charge in [-0.25, -0.2) is 4.79 Å². The minimum absolute atomic E-state index is 0.0345. The number of nitrogens with zero attached hydrogens (tertiary/aromatic N) is 2. The van der Waals surface area contributed by atoms with E-state index in [4.69, 9.17) is 4.74 Å². The highest BCUT2D eigenvalue weighted by Crippen LogP contribution is 2.18. The molecule has 2 saturated heterocycles. The van der Waals surface area contributed by atoms with Gasteiger partial charge in [-0.05, 0) is 76.8 Å². The van der Waals surface area contributed by atoms with Gasteiger partial charge in [-0.3, -0.25) is 9.80 Å². The molecule has 1 aromatic rings. The van der Waals surface area contributed by atoms with Gasteiger partial charge in [0, 0.05) is 13.1 Å². The van der Waals surface area contributed by atoms with E-state index in [9.17, 15) is 4.79 Å². The van der Waals surface area contributed by atoms with Gasteiger partial charge in [0.05, 0.1) is 5.56 Å². The van der Waals surface area contributed by atoms with E-state index in [1.54, 1.807) is 0 Å². The first-order valence-corrected chi connectivity index (χ1v) is 9.35. The normalized spacial score (nSPS) is 19.3. The lowest BCUT2D eigenvalue weighted by molar-refractivity contribution is 0.0132. The summed E-state index contributed by atoms with van der Waals surface area (Å²) in [6.45, 7) is 10.3. The Morgan fingerprint density at radius 1 is 0.958 bits per heavy atom. The summed E-state index contributed by atoms with van der Waals surface area (Å²) in [7, 11) is 0. The molecule has 0 amide bonds. The number of esters is 1. The molecule has 0 bridgehead atoms. The number of aryl methyl sites for hydroxylation is 2. The molecule has 0 aromatic heterocycles. The van der Waals surface area contributed by atoms with Crippen LogP contribution < -0.4 is 0 Å². The van der Waals surface area contributed by atoms with Gasteiger partial charge in [0.2, 0.25) is 0 Å². The van der Waals surface area contributed by atoms with Crippen molar-refractivity contribution in [3.8, 4) is 0 Å². The summed E-state index contributed by atoms with van der Waals surface area (Å²) in [6.07, 6.45) is 5.03. The predicted molar refractivity (Wildman–Crippen MR) is 96.5 cm³/mol. The van der Waals surface area contributed by atoms with E-state index in [-0.39, 0.29) is 12.1 Å². The molecule has 2 heterocycles. The summed E-state index contributed by atoms with van der Waals surface area (Å²) in [6, 6.07) is 5.96. The van der Waals surface area contributed by atoms with Crippen molar-refractivity contribution in [2.45, 2.75) is 45.6 Å². The number of benzene rings is 1. The van der Waals surface area contributed by atoms with Crippen LogP contribution in [0.2, 0.25) is 0 Å². The van der Waals surface area contributed by atoms with Gasteiger partial charge in [0.15, 0.2) is 0 Å². The van der Waals surface area contributed by atoms with Crippen molar-refractivity contribution in [3.63, 3.8) is 0 Å². The Labute approximate surface area is 145 Å². The maximum Gasteiger partial charge on any atom is 0.339 e. The molecule has 0 N–H and O–H groups in total. The summed E-state index contributed by atoms with van der Waals surface area (Å²) in [4.78, 5) is 17.7. The van der Waals surface area contributed by atoms with E-state index < -0.39 is 0 Å². The van der Waals surface area contributed by atoms with Crippen molar-refractivity contribution in [2.75, 3.05) is 39.3 Å². The zero-order valence-electron chi connectivity index (χ0n) is 15.1. The Morgan fingerprint density at radius 2 is 1.42 bits per heavy atom. The molecule has 132 valence electrons. The first-order valence-electron chi connectivity index (χ1n) is 9.35. The van der Waals surface area contributed by atoms with Crippen molar-refractivity contribution in [3.05, 3.63) is 34.9 Å². The van der Waals surface area contributed by atoms with E-state index in [0.29, 0.717) is 0 Å². The largest absolute Gasteiger partial charge is 0.456 e. The number of likely N-dealkylation sites (tertiary alicyclic amines) is 2. The first kappa shape index (κ1) is 17.4. The molecule has 4 heteroatoms. The minimum atomic E-state index is -0.158. The van der Waals surface area contributed by atoms with Crippen molar-refractivity contribution < 1.29 is 9.53 Å². The van der Waals surface area contributed by atoms with Gasteiger partial charge in [-0.2, -0.15) is 0 Å². The number of carbonyl (C=O) groups excluding carboxylic acids is 1. The highest BCUT2D eigenvalue weighted by molar-refractivity contribution is 5.92. The van der Waals surface area contributed by atoms with E-state index in [2.05, 4.69) is 9.80 Å². The Hall–Kier alpha value is -1.39. The summed E-state index contributed by atoms with van der Waals surface area (Å²) in [5, 5.41) is 0. The SMILES string of the molecule is Cc1cccc(C)c1C(=O)OC(CN1CCCC1)CN1CCCC1. The lowest BCUT2D eigenvalue weighted by Gasteiger charge is -2.27. The maximum absolute atomic E-state index is 12.8. The van der Waals surface area contributed by atoms with E-state index in [1.807, 2.05) is 32.0 Å². The van der Waals surface area contributed by atoms with Crippen molar-refractivity contribution >= 4 is 5.97 Å². The molecule has 0 radical (unpaired) electrons. The third-order valence-corrected chi connectivity index (χ3v) is 5.28. The second-order valence-electron chi connectivity index (χ2n) is 7.31. The van der Waals surface area contributed by atoms with Crippen molar-refractivity contribution in [1.82, 2.24) is 9.80 Å². The number of rotatable bonds is 6. The zero-order valence-corrected chi connectivity index (χ0v) is 15.1.